The van der Waals surface area contributed by atoms with Crippen molar-refractivity contribution in [3.63, 3.8) is 0 Å². The summed E-state index contributed by atoms with van der Waals surface area (Å²) in [6.45, 7) is 8.35. The lowest BCUT2D eigenvalue weighted by Crippen LogP contribution is -2.31. The summed E-state index contributed by atoms with van der Waals surface area (Å²) in [4.78, 5) is 35.9. The molecule has 1 aliphatic heterocycles. The summed E-state index contributed by atoms with van der Waals surface area (Å²) in [5.74, 6) is -0.573. The summed E-state index contributed by atoms with van der Waals surface area (Å²) in [5, 5.41) is 2.81. The molecule has 13 nitrogen and oxygen atoms in total. The first kappa shape index (κ1) is 36.1. The van der Waals surface area contributed by atoms with Crippen molar-refractivity contribution in [1.82, 2.24) is 10.2 Å². The van der Waals surface area contributed by atoms with Crippen molar-refractivity contribution in [2.24, 2.45) is 0 Å². The van der Waals surface area contributed by atoms with Gasteiger partial charge in [0.25, 0.3) is 11.8 Å². The zero-order chi connectivity index (χ0) is 28.9. The van der Waals surface area contributed by atoms with Gasteiger partial charge in [-0.3, -0.25) is 19.3 Å². The molecule has 1 rings (SSSR count). The highest BCUT2D eigenvalue weighted by molar-refractivity contribution is 6.12. The quantitative estimate of drug-likeness (QED) is 0.0936. The van der Waals surface area contributed by atoms with Crippen molar-refractivity contribution in [1.29, 1.82) is 0 Å². The summed E-state index contributed by atoms with van der Waals surface area (Å²) < 4.78 is 42.7. The van der Waals surface area contributed by atoms with E-state index in [1.165, 1.54) is 17.1 Å². The highest BCUT2D eigenvalue weighted by atomic mass is 16.6. The number of imide groups is 1. The molecule has 13 heteroatoms. The van der Waals surface area contributed by atoms with Gasteiger partial charge >= 0.3 is 0 Å². The number of unbranched alkanes of at least 4 members (excludes halogenated alkanes) is 2. The molecule has 1 N–H and O–H groups in total. The highest BCUT2D eigenvalue weighted by Crippen LogP contribution is 2.07. The van der Waals surface area contributed by atoms with E-state index in [1.54, 1.807) is 7.11 Å². The second-order valence-corrected chi connectivity index (χ2v) is 8.60. The lowest BCUT2D eigenvalue weighted by atomic mass is 10.2. The van der Waals surface area contributed by atoms with E-state index in [0.29, 0.717) is 131 Å². The van der Waals surface area contributed by atoms with Crippen molar-refractivity contribution in [3.05, 3.63) is 12.2 Å². The molecule has 40 heavy (non-hydrogen) atoms. The van der Waals surface area contributed by atoms with Gasteiger partial charge in [0, 0.05) is 38.8 Å². The second kappa shape index (κ2) is 27.2. The number of hydrogen-bond donors (Lipinski definition) is 1. The molecular formula is C27H48N2O11. The van der Waals surface area contributed by atoms with Crippen molar-refractivity contribution in [3.8, 4) is 0 Å². The van der Waals surface area contributed by atoms with E-state index in [0.717, 1.165) is 6.42 Å². The van der Waals surface area contributed by atoms with Crippen LogP contribution in [0.4, 0.5) is 0 Å². The lowest BCUT2D eigenvalue weighted by Gasteiger charge is -2.13. The minimum Gasteiger partial charge on any atom is -0.382 e. The monoisotopic (exact) mass is 576 g/mol. The average molecular weight is 577 g/mol. The molecule has 0 radical (unpaired) electrons. The fourth-order valence-corrected chi connectivity index (χ4v) is 3.30. The van der Waals surface area contributed by atoms with Crippen LogP contribution < -0.4 is 5.32 Å². The van der Waals surface area contributed by atoms with E-state index < -0.39 is 0 Å². The van der Waals surface area contributed by atoms with Gasteiger partial charge in [-0.1, -0.05) is 6.42 Å². The largest absolute Gasteiger partial charge is 0.382 e. The molecule has 1 heterocycles. The summed E-state index contributed by atoms with van der Waals surface area (Å²) >= 11 is 0. The minimum atomic E-state index is -0.268. The third-order valence-corrected chi connectivity index (χ3v) is 5.42. The van der Waals surface area contributed by atoms with Crippen LogP contribution in [0.15, 0.2) is 12.2 Å². The maximum absolute atomic E-state index is 11.8. The minimum absolute atomic E-state index is 0.0374. The SMILES string of the molecule is COCCOCCOCCOCCOCCOCCOCCOCCNC(=O)CCCCCN1C(=O)C=CC1=O. The number of nitrogens with one attached hydrogen (secondary N) is 1. The molecule has 0 atom stereocenters. The van der Waals surface area contributed by atoms with Gasteiger partial charge in [0.2, 0.25) is 5.91 Å². The van der Waals surface area contributed by atoms with Gasteiger partial charge in [-0.15, -0.1) is 0 Å². The van der Waals surface area contributed by atoms with Gasteiger partial charge in [0.15, 0.2) is 0 Å². The van der Waals surface area contributed by atoms with Crippen LogP contribution in [-0.2, 0) is 52.3 Å². The number of rotatable bonds is 30. The van der Waals surface area contributed by atoms with Gasteiger partial charge in [-0.25, -0.2) is 0 Å². The highest BCUT2D eigenvalue weighted by Gasteiger charge is 2.22. The van der Waals surface area contributed by atoms with E-state index in [1.807, 2.05) is 0 Å². The molecule has 1 aliphatic rings. The first-order valence-corrected chi connectivity index (χ1v) is 14.0. The number of methoxy groups -OCH3 is 1. The standard InChI is InChI=1S/C27H48N2O11/c1-33-11-12-35-15-16-37-19-20-39-23-24-40-22-21-38-18-17-36-14-13-34-10-8-28-25(30)5-3-2-4-9-29-26(31)6-7-27(29)32/h6-7H,2-5,8-24H2,1H3,(H,28,30). The Morgan fingerprint density at radius 1 is 0.600 bits per heavy atom. The number of nitrogens with zero attached hydrogens (tertiary/aromatic N) is 1. The van der Waals surface area contributed by atoms with Crippen LogP contribution in [0.3, 0.4) is 0 Å². The summed E-state index contributed by atoms with van der Waals surface area (Å²) in [6, 6.07) is 0. The third kappa shape index (κ3) is 21.8. The van der Waals surface area contributed by atoms with Gasteiger partial charge in [0.1, 0.15) is 0 Å². The van der Waals surface area contributed by atoms with Crippen molar-refractivity contribution < 1.29 is 52.3 Å². The normalized spacial score (nSPS) is 13.1. The summed E-state index contributed by atoms with van der Waals surface area (Å²) in [7, 11) is 1.64. The number of carbonyl (C=O) groups is 3. The van der Waals surface area contributed by atoms with E-state index in [4.69, 9.17) is 37.9 Å². The molecule has 3 amide bonds. The van der Waals surface area contributed by atoms with Crippen LogP contribution in [0.25, 0.3) is 0 Å². The van der Waals surface area contributed by atoms with Crippen LogP contribution in [-0.4, -0.2) is 142 Å². The Morgan fingerprint density at radius 2 is 1.00 bits per heavy atom. The maximum Gasteiger partial charge on any atom is 0.253 e. The van der Waals surface area contributed by atoms with Gasteiger partial charge in [-0.05, 0) is 12.8 Å². The molecule has 232 valence electrons. The second-order valence-electron chi connectivity index (χ2n) is 8.60. The Hall–Kier alpha value is -1.97. The first-order valence-electron chi connectivity index (χ1n) is 14.0. The van der Waals surface area contributed by atoms with Gasteiger partial charge in [-0.2, -0.15) is 0 Å². The summed E-state index contributed by atoms with van der Waals surface area (Å²) in [6.07, 6.45) is 5.13. The molecule has 0 fully saturated rings. The molecule has 0 aromatic carbocycles. The van der Waals surface area contributed by atoms with Crippen LogP contribution in [0, 0.1) is 0 Å². The van der Waals surface area contributed by atoms with Crippen molar-refractivity contribution in [2.75, 3.05) is 119 Å². The number of carbonyl (C=O) groups excluding carboxylic acids is 3. The molecule has 0 unspecified atom stereocenters. The Labute approximate surface area is 237 Å². The predicted octanol–water partition coefficient (Wildman–Crippen LogP) is 0.351. The van der Waals surface area contributed by atoms with E-state index in [9.17, 15) is 14.4 Å². The van der Waals surface area contributed by atoms with Gasteiger partial charge in [0.05, 0.1) is 99.1 Å². The van der Waals surface area contributed by atoms with E-state index in [-0.39, 0.29) is 17.7 Å². The summed E-state index contributed by atoms with van der Waals surface area (Å²) in [5.41, 5.74) is 0. The molecule has 0 aromatic rings. The molecule has 0 bridgehead atoms. The fraction of sp³-hybridized carbons (Fsp3) is 0.815. The topological polar surface area (TPSA) is 140 Å². The van der Waals surface area contributed by atoms with Crippen LogP contribution in [0.5, 0.6) is 0 Å². The maximum atomic E-state index is 11.8. The molecule has 0 saturated heterocycles. The number of amides is 3. The van der Waals surface area contributed by atoms with Crippen LogP contribution in [0.1, 0.15) is 25.7 Å². The fourth-order valence-electron chi connectivity index (χ4n) is 3.30. The lowest BCUT2D eigenvalue weighted by molar-refractivity contribution is -0.137. The molecular weight excluding hydrogens is 528 g/mol. The van der Waals surface area contributed by atoms with Crippen LogP contribution in [0.2, 0.25) is 0 Å². The Morgan fingerprint density at radius 3 is 1.43 bits per heavy atom. The number of ether oxygens (including phenoxy) is 8. The predicted molar refractivity (Wildman–Crippen MR) is 145 cm³/mol. The zero-order valence-corrected chi connectivity index (χ0v) is 23.9. The van der Waals surface area contributed by atoms with E-state index in [2.05, 4.69) is 5.32 Å². The Kier molecular flexibility index (Phi) is 24.5. The van der Waals surface area contributed by atoms with Crippen molar-refractivity contribution in [2.45, 2.75) is 25.7 Å². The zero-order valence-electron chi connectivity index (χ0n) is 23.9. The molecule has 0 spiro atoms. The molecule has 0 aliphatic carbocycles. The average Bonchev–Trinajstić information content (AvgIpc) is 3.27. The molecule has 0 aromatic heterocycles. The smallest absolute Gasteiger partial charge is 0.253 e. The van der Waals surface area contributed by atoms with Crippen molar-refractivity contribution >= 4 is 17.7 Å². The molecule has 0 saturated carbocycles. The van der Waals surface area contributed by atoms with Gasteiger partial charge < -0.3 is 43.2 Å². The first-order chi connectivity index (χ1) is 19.6. The Bertz CT molecular complexity index is 661. The van der Waals surface area contributed by atoms with E-state index >= 15 is 0 Å². The third-order valence-electron chi connectivity index (χ3n) is 5.42. The Balaban J connectivity index is 1.69. The van der Waals surface area contributed by atoms with Crippen LogP contribution >= 0.6 is 0 Å². The number of hydrogen-bond acceptors (Lipinski definition) is 11.